The summed E-state index contributed by atoms with van der Waals surface area (Å²) in [4.78, 5) is 5.64. The third kappa shape index (κ3) is 5.30. The van der Waals surface area contributed by atoms with Crippen LogP contribution < -0.4 is 0 Å². The molecule has 1 aliphatic carbocycles. The summed E-state index contributed by atoms with van der Waals surface area (Å²) in [5.74, 6) is 2.29. The normalized spacial score (nSPS) is 24.6. The monoisotopic (exact) mass is 463 g/mol. The third-order valence-corrected chi connectivity index (χ3v) is 8.74. The van der Waals surface area contributed by atoms with Crippen LogP contribution in [0.1, 0.15) is 71.9 Å². The zero-order chi connectivity index (χ0) is 24.4. The van der Waals surface area contributed by atoms with E-state index < -0.39 is 0 Å². The van der Waals surface area contributed by atoms with Crippen LogP contribution in [0.25, 0.3) is 0 Å². The Morgan fingerprint density at radius 3 is 2.23 bits per heavy atom. The van der Waals surface area contributed by atoms with Gasteiger partial charge in [-0.3, -0.25) is 4.99 Å². The van der Waals surface area contributed by atoms with Crippen molar-refractivity contribution in [1.82, 2.24) is 0 Å². The Morgan fingerprint density at radius 1 is 0.829 bits per heavy atom. The molecule has 1 aliphatic heterocycles. The van der Waals surface area contributed by atoms with Crippen molar-refractivity contribution in [2.24, 2.45) is 22.7 Å². The molecule has 0 aromatic heterocycles. The van der Waals surface area contributed by atoms with Gasteiger partial charge in [-0.15, -0.1) is 0 Å². The van der Waals surface area contributed by atoms with Gasteiger partial charge in [0.25, 0.3) is 0 Å². The highest BCUT2D eigenvalue weighted by Gasteiger charge is 2.45. The third-order valence-electron chi connectivity index (χ3n) is 8.74. The number of hydrogen-bond acceptors (Lipinski definition) is 1. The maximum Gasteiger partial charge on any atom is 0.0599 e. The van der Waals surface area contributed by atoms with Crippen molar-refractivity contribution in [3.05, 3.63) is 106 Å². The first kappa shape index (κ1) is 24.0. The van der Waals surface area contributed by atoms with E-state index in [9.17, 15) is 0 Å². The summed E-state index contributed by atoms with van der Waals surface area (Å²) in [6.45, 7) is 9.08. The van der Waals surface area contributed by atoms with E-state index in [1.807, 2.05) is 0 Å². The van der Waals surface area contributed by atoms with Gasteiger partial charge in [0.05, 0.1) is 6.04 Å². The fraction of sp³-hybridized carbons (Fsp3) is 0.441. The number of nitrogens with zero attached hydrogens (tertiary/aromatic N) is 1. The first-order valence-corrected chi connectivity index (χ1v) is 13.7. The maximum atomic E-state index is 5.64. The van der Waals surface area contributed by atoms with E-state index >= 15 is 0 Å². The molecule has 0 spiro atoms. The highest BCUT2D eigenvalue weighted by Crippen LogP contribution is 2.48. The predicted molar refractivity (Wildman–Crippen MR) is 150 cm³/mol. The lowest BCUT2D eigenvalue weighted by molar-refractivity contribution is 0.337. The van der Waals surface area contributed by atoms with Crippen molar-refractivity contribution in [2.75, 3.05) is 0 Å². The van der Waals surface area contributed by atoms with Crippen molar-refractivity contribution in [1.29, 1.82) is 0 Å². The second kappa shape index (κ2) is 10.5. The van der Waals surface area contributed by atoms with Gasteiger partial charge >= 0.3 is 0 Å². The molecule has 182 valence electrons. The molecular formula is C34H41N. The molecule has 0 N–H and O–H groups in total. The first-order valence-electron chi connectivity index (χ1n) is 13.7. The van der Waals surface area contributed by atoms with E-state index in [4.69, 9.17) is 4.99 Å². The number of hydrogen-bond donors (Lipinski definition) is 0. The van der Waals surface area contributed by atoms with Crippen molar-refractivity contribution in [3.8, 4) is 0 Å². The van der Waals surface area contributed by atoms with Crippen LogP contribution >= 0.6 is 0 Å². The summed E-state index contributed by atoms with van der Waals surface area (Å²) in [7, 11) is 0. The quantitative estimate of drug-likeness (QED) is 0.333. The molecule has 1 heterocycles. The van der Waals surface area contributed by atoms with Crippen molar-refractivity contribution >= 4 is 5.71 Å². The van der Waals surface area contributed by atoms with Crippen LogP contribution in [-0.4, -0.2) is 11.8 Å². The summed E-state index contributed by atoms with van der Waals surface area (Å²) in [5, 5.41) is 0. The summed E-state index contributed by atoms with van der Waals surface area (Å²) in [5.41, 5.74) is 10.1. The zero-order valence-corrected chi connectivity index (χ0v) is 22.0. The average molecular weight is 464 g/mol. The molecule has 5 atom stereocenters. The lowest BCUT2D eigenvalue weighted by Gasteiger charge is -2.33. The largest absolute Gasteiger partial charge is 0.289 e. The molecule has 35 heavy (non-hydrogen) atoms. The minimum Gasteiger partial charge on any atom is -0.289 e. The van der Waals surface area contributed by atoms with E-state index in [2.05, 4.69) is 100 Å². The molecule has 1 saturated carbocycles. The number of fused-ring (bicyclic) bond motifs is 1. The Morgan fingerprint density at radius 2 is 1.51 bits per heavy atom. The fourth-order valence-electron chi connectivity index (χ4n) is 6.60. The van der Waals surface area contributed by atoms with Crippen molar-refractivity contribution < 1.29 is 0 Å². The molecule has 5 rings (SSSR count). The molecule has 1 heteroatoms. The molecule has 2 aliphatic rings. The highest BCUT2D eigenvalue weighted by atomic mass is 14.9. The van der Waals surface area contributed by atoms with Crippen LogP contribution in [-0.2, 0) is 12.8 Å². The number of benzene rings is 3. The lowest BCUT2D eigenvalue weighted by Crippen LogP contribution is -2.32. The van der Waals surface area contributed by atoms with E-state index in [0.717, 1.165) is 12.8 Å². The Balaban J connectivity index is 1.42. The summed E-state index contributed by atoms with van der Waals surface area (Å²) in [6.07, 6.45) is 7.39. The van der Waals surface area contributed by atoms with Gasteiger partial charge < -0.3 is 0 Å². The van der Waals surface area contributed by atoms with Gasteiger partial charge in [0, 0.05) is 23.5 Å². The lowest BCUT2D eigenvalue weighted by atomic mass is 9.69. The van der Waals surface area contributed by atoms with Gasteiger partial charge in [-0.25, -0.2) is 0 Å². The van der Waals surface area contributed by atoms with Crippen LogP contribution in [0.15, 0.2) is 77.8 Å². The van der Waals surface area contributed by atoms with Gasteiger partial charge in [0.2, 0.25) is 0 Å². The molecule has 5 unspecified atom stereocenters. The topological polar surface area (TPSA) is 12.4 Å². The summed E-state index contributed by atoms with van der Waals surface area (Å²) < 4.78 is 0. The van der Waals surface area contributed by atoms with E-state index in [-0.39, 0.29) is 0 Å². The van der Waals surface area contributed by atoms with Crippen LogP contribution in [0.4, 0.5) is 0 Å². The Labute approximate surface area is 212 Å². The predicted octanol–water partition coefficient (Wildman–Crippen LogP) is 8.45. The van der Waals surface area contributed by atoms with Gasteiger partial charge in [-0.05, 0) is 81.0 Å². The second-order valence-corrected chi connectivity index (χ2v) is 11.3. The second-order valence-electron chi connectivity index (χ2n) is 11.3. The van der Waals surface area contributed by atoms with Crippen LogP contribution in [0.5, 0.6) is 0 Å². The van der Waals surface area contributed by atoms with Crippen LogP contribution in [0.3, 0.4) is 0 Å². The first-order chi connectivity index (χ1) is 17.0. The van der Waals surface area contributed by atoms with E-state index in [1.54, 1.807) is 0 Å². The van der Waals surface area contributed by atoms with Crippen molar-refractivity contribution in [3.63, 3.8) is 0 Å². The van der Waals surface area contributed by atoms with E-state index in [1.165, 1.54) is 64.8 Å². The Kier molecular flexibility index (Phi) is 7.23. The van der Waals surface area contributed by atoms with Crippen molar-refractivity contribution in [2.45, 2.75) is 78.2 Å². The van der Waals surface area contributed by atoms with Gasteiger partial charge in [0.1, 0.15) is 0 Å². The average Bonchev–Trinajstić information content (AvgIpc) is 3.26. The van der Waals surface area contributed by atoms with Crippen LogP contribution in [0.2, 0.25) is 0 Å². The summed E-state index contributed by atoms with van der Waals surface area (Å²) in [6, 6.07) is 27.8. The molecule has 0 amide bonds. The zero-order valence-electron chi connectivity index (χ0n) is 22.0. The van der Waals surface area contributed by atoms with Gasteiger partial charge in [-0.1, -0.05) is 97.3 Å². The van der Waals surface area contributed by atoms with Crippen LogP contribution in [0, 0.1) is 38.5 Å². The number of rotatable bonds is 7. The molecule has 1 fully saturated rings. The minimum absolute atomic E-state index is 0.389. The standard InChI is InChI=1S/C34H41N/c1-23-12-17-27(18-13-23)22-30-10-7-11-31-32(29-19-14-24(2)15-20-29)33(35-34(30)31)26(4)16-21-28-9-6-5-8-25(28)3/h5-6,8-9,12-15,17-20,26,30-33H,7,10-11,16,21-22H2,1-4H3. The minimum atomic E-state index is 0.389. The Bertz CT molecular complexity index is 1150. The molecule has 3 aromatic rings. The molecular weight excluding hydrogens is 422 g/mol. The SMILES string of the molecule is Cc1ccc(CC2CCCC3C2=NC(C(C)CCc2ccccc2C)C3c2ccc(C)cc2)cc1. The summed E-state index contributed by atoms with van der Waals surface area (Å²) >= 11 is 0. The Hall–Kier alpha value is -2.67. The smallest absolute Gasteiger partial charge is 0.0599 e. The molecule has 1 nitrogen and oxygen atoms in total. The number of aryl methyl sites for hydroxylation is 4. The highest BCUT2D eigenvalue weighted by molar-refractivity contribution is 5.93. The fourth-order valence-corrected chi connectivity index (χ4v) is 6.60. The maximum absolute atomic E-state index is 5.64. The van der Waals surface area contributed by atoms with Gasteiger partial charge in [-0.2, -0.15) is 0 Å². The molecule has 0 bridgehead atoms. The molecule has 0 radical (unpaired) electrons. The molecule has 3 aromatic carbocycles. The molecule has 0 saturated heterocycles. The van der Waals surface area contributed by atoms with E-state index in [0.29, 0.717) is 29.7 Å². The number of aliphatic imine (C=N–C) groups is 1. The van der Waals surface area contributed by atoms with Gasteiger partial charge in [0.15, 0.2) is 0 Å².